The maximum absolute atomic E-state index is 5.89. The number of hydrogen-bond donors (Lipinski definition) is 0. The standard InChI is InChI=1S/C22H22N4O3/c1-27-17-9-6-14(7-10-17)8-11-19-24-25-21(28-19)16-12-18-20(15-4-2-3-5-15)26-29-22(18)23-13-16/h6-7,9-10,12-13,15H,2-5,8,11H2,1H3. The van der Waals surface area contributed by atoms with Crippen LogP contribution in [0.1, 0.15) is 48.7 Å². The maximum atomic E-state index is 5.89. The van der Waals surface area contributed by atoms with Crippen LogP contribution in [0.2, 0.25) is 0 Å². The van der Waals surface area contributed by atoms with Crippen LogP contribution in [0.4, 0.5) is 0 Å². The average Bonchev–Trinajstić information content (AvgIpc) is 3.52. The van der Waals surface area contributed by atoms with Crippen molar-refractivity contribution in [1.82, 2.24) is 20.3 Å². The first-order valence-corrected chi connectivity index (χ1v) is 10.0. The monoisotopic (exact) mass is 390 g/mol. The van der Waals surface area contributed by atoms with Crippen LogP contribution in [0.15, 0.2) is 45.5 Å². The third-order valence-electron chi connectivity index (χ3n) is 5.60. The van der Waals surface area contributed by atoms with Crippen molar-refractivity contribution in [2.24, 2.45) is 0 Å². The molecule has 1 aliphatic rings. The maximum Gasteiger partial charge on any atom is 0.257 e. The fourth-order valence-electron chi connectivity index (χ4n) is 3.98. The predicted octanol–water partition coefficient (Wildman–Crippen LogP) is 4.72. The van der Waals surface area contributed by atoms with E-state index in [9.17, 15) is 0 Å². The van der Waals surface area contributed by atoms with Crippen molar-refractivity contribution in [2.75, 3.05) is 7.11 Å². The number of benzene rings is 1. The van der Waals surface area contributed by atoms with Gasteiger partial charge in [-0.15, -0.1) is 10.2 Å². The molecule has 1 fully saturated rings. The van der Waals surface area contributed by atoms with E-state index in [0.717, 1.165) is 41.7 Å². The van der Waals surface area contributed by atoms with Crippen LogP contribution in [0.3, 0.4) is 0 Å². The Kier molecular flexibility index (Phi) is 4.71. The molecule has 1 aliphatic carbocycles. The summed E-state index contributed by atoms with van der Waals surface area (Å²) in [7, 11) is 1.66. The number of pyridine rings is 1. The van der Waals surface area contributed by atoms with E-state index in [2.05, 4.69) is 20.3 Å². The summed E-state index contributed by atoms with van der Waals surface area (Å²) in [6.07, 6.45) is 7.99. The molecule has 7 heteroatoms. The second-order valence-corrected chi connectivity index (χ2v) is 7.47. The van der Waals surface area contributed by atoms with Gasteiger partial charge in [-0.1, -0.05) is 30.1 Å². The van der Waals surface area contributed by atoms with Gasteiger partial charge in [-0.2, -0.15) is 0 Å². The number of rotatable bonds is 6. The lowest BCUT2D eigenvalue weighted by Crippen LogP contribution is -1.93. The highest BCUT2D eigenvalue weighted by Crippen LogP contribution is 2.37. The van der Waals surface area contributed by atoms with Crippen LogP contribution in [0.25, 0.3) is 22.6 Å². The summed E-state index contributed by atoms with van der Waals surface area (Å²) in [5, 5.41) is 13.6. The highest BCUT2D eigenvalue weighted by Gasteiger charge is 2.24. The van der Waals surface area contributed by atoms with E-state index < -0.39 is 0 Å². The highest BCUT2D eigenvalue weighted by atomic mass is 16.5. The molecule has 148 valence electrons. The van der Waals surface area contributed by atoms with Crippen LogP contribution in [0, 0.1) is 0 Å². The smallest absolute Gasteiger partial charge is 0.257 e. The van der Waals surface area contributed by atoms with Crippen molar-refractivity contribution >= 4 is 11.1 Å². The number of hydrogen-bond acceptors (Lipinski definition) is 7. The molecular weight excluding hydrogens is 368 g/mol. The molecule has 0 aliphatic heterocycles. The second kappa shape index (κ2) is 7.66. The van der Waals surface area contributed by atoms with Gasteiger partial charge in [0, 0.05) is 18.5 Å². The van der Waals surface area contributed by atoms with Crippen LogP contribution >= 0.6 is 0 Å². The summed E-state index contributed by atoms with van der Waals surface area (Å²) in [5.41, 5.74) is 3.56. The van der Waals surface area contributed by atoms with E-state index in [-0.39, 0.29) is 0 Å². The molecule has 1 aromatic carbocycles. The Labute approximate surface area is 168 Å². The molecule has 7 nitrogen and oxygen atoms in total. The first-order chi connectivity index (χ1) is 14.3. The zero-order valence-electron chi connectivity index (χ0n) is 16.3. The van der Waals surface area contributed by atoms with Crippen LogP contribution in [-0.4, -0.2) is 27.4 Å². The van der Waals surface area contributed by atoms with Crippen LogP contribution in [-0.2, 0) is 12.8 Å². The second-order valence-electron chi connectivity index (χ2n) is 7.47. The van der Waals surface area contributed by atoms with E-state index >= 15 is 0 Å². The first-order valence-electron chi connectivity index (χ1n) is 10.0. The van der Waals surface area contributed by atoms with Crippen molar-refractivity contribution in [1.29, 1.82) is 0 Å². The molecule has 0 unspecified atom stereocenters. The number of aryl methyl sites for hydroxylation is 2. The molecule has 4 aromatic rings. The minimum atomic E-state index is 0.455. The van der Waals surface area contributed by atoms with Crippen LogP contribution < -0.4 is 4.74 Å². The number of aromatic nitrogens is 4. The molecule has 5 rings (SSSR count). The summed E-state index contributed by atoms with van der Waals surface area (Å²) in [6.45, 7) is 0. The molecule has 0 amide bonds. The van der Waals surface area contributed by atoms with Gasteiger partial charge in [0.1, 0.15) is 5.75 Å². The summed E-state index contributed by atoms with van der Waals surface area (Å²) in [6, 6.07) is 10.0. The van der Waals surface area contributed by atoms with E-state index in [1.54, 1.807) is 13.3 Å². The number of fused-ring (bicyclic) bond motifs is 1. The third kappa shape index (κ3) is 3.60. The Morgan fingerprint density at radius 3 is 2.69 bits per heavy atom. The molecule has 0 bridgehead atoms. The van der Waals surface area contributed by atoms with E-state index in [1.165, 1.54) is 18.4 Å². The third-order valence-corrected chi connectivity index (χ3v) is 5.60. The summed E-state index contributed by atoms with van der Waals surface area (Å²) in [5.74, 6) is 2.39. The highest BCUT2D eigenvalue weighted by molar-refractivity contribution is 5.80. The molecule has 0 saturated heterocycles. The molecular formula is C22H22N4O3. The average molecular weight is 390 g/mol. The first kappa shape index (κ1) is 17.8. The van der Waals surface area contributed by atoms with E-state index in [1.807, 2.05) is 30.3 Å². The molecule has 0 spiro atoms. The Morgan fingerprint density at radius 1 is 1.07 bits per heavy atom. The van der Waals surface area contributed by atoms with E-state index in [0.29, 0.717) is 29.8 Å². The fourth-order valence-corrected chi connectivity index (χ4v) is 3.98. The van der Waals surface area contributed by atoms with Gasteiger partial charge in [0.2, 0.25) is 11.8 Å². The van der Waals surface area contributed by atoms with Crippen molar-refractivity contribution in [2.45, 2.75) is 44.4 Å². The largest absolute Gasteiger partial charge is 0.497 e. The van der Waals surface area contributed by atoms with Gasteiger partial charge in [0.25, 0.3) is 5.71 Å². The minimum absolute atomic E-state index is 0.455. The normalized spacial score (nSPS) is 14.7. The quantitative estimate of drug-likeness (QED) is 0.470. The zero-order valence-corrected chi connectivity index (χ0v) is 16.3. The van der Waals surface area contributed by atoms with Crippen LogP contribution in [0.5, 0.6) is 5.75 Å². The van der Waals surface area contributed by atoms with Gasteiger partial charge in [-0.25, -0.2) is 4.98 Å². The Hall–Kier alpha value is -3.22. The van der Waals surface area contributed by atoms with Gasteiger partial charge in [-0.3, -0.25) is 0 Å². The number of nitrogens with zero attached hydrogens (tertiary/aromatic N) is 4. The predicted molar refractivity (Wildman–Crippen MR) is 107 cm³/mol. The summed E-state index contributed by atoms with van der Waals surface area (Å²) >= 11 is 0. The number of methoxy groups -OCH3 is 1. The summed E-state index contributed by atoms with van der Waals surface area (Å²) < 4.78 is 16.5. The fraction of sp³-hybridized carbons (Fsp3) is 0.364. The van der Waals surface area contributed by atoms with Crippen molar-refractivity contribution in [3.63, 3.8) is 0 Å². The lowest BCUT2D eigenvalue weighted by atomic mass is 10.0. The molecule has 3 aromatic heterocycles. The Morgan fingerprint density at radius 2 is 1.90 bits per heavy atom. The Bertz CT molecular complexity index is 1110. The molecule has 0 radical (unpaired) electrons. The van der Waals surface area contributed by atoms with Gasteiger partial charge < -0.3 is 13.7 Å². The molecule has 29 heavy (non-hydrogen) atoms. The van der Waals surface area contributed by atoms with Gasteiger partial charge >= 0.3 is 0 Å². The van der Waals surface area contributed by atoms with Crippen molar-refractivity contribution in [3.05, 3.63) is 53.7 Å². The lowest BCUT2D eigenvalue weighted by molar-refractivity contribution is 0.414. The van der Waals surface area contributed by atoms with E-state index in [4.69, 9.17) is 13.7 Å². The van der Waals surface area contributed by atoms with Crippen molar-refractivity contribution in [3.8, 4) is 17.2 Å². The lowest BCUT2D eigenvalue weighted by Gasteiger charge is -2.04. The SMILES string of the molecule is COc1ccc(CCc2nnc(-c3cnc4onc(C5CCCC5)c4c3)o2)cc1. The molecule has 0 N–H and O–H groups in total. The molecule has 0 atom stereocenters. The topological polar surface area (TPSA) is 87.1 Å². The van der Waals surface area contributed by atoms with Crippen molar-refractivity contribution < 1.29 is 13.7 Å². The molecule has 1 saturated carbocycles. The summed E-state index contributed by atoms with van der Waals surface area (Å²) in [4.78, 5) is 4.40. The van der Waals surface area contributed by atoms with Gasteiger partial charge in [0.05, 0.1) is 23.8 Å². The van der Waals surface area contributed by atoms with Gasteiger partial charge in [0.15, 0.2) is 0 Å². The van der Waals surface area contributed by atoms with Gasteiger partial charge in [-0.05, 0) is 43.0 Å². The zero-order chi connectivity index (χ0) is 19.6. The Balaban J connectivity index is 1.34. The molecule has 3 heterocycles. The number of ether oxygens (including phenoxy) is 1. The minimum Gasteiger partial charge on any atom is -0.497 e.